The molecule has 6 heteroatoms. The number of rotatable bonds is 2. The summed E-state index contributed by atoms with van der Waals surface area (Å²) in [5.74, 6) is -0.471. The van der Waals surface area contributed by atoms with E-state index in [2.05, 4.69) is 9.97 Å². The number of H-pyrrole nitrogens is 2. The van der Waals surface area contributed by atoms with Crippen LogP contribution in [0.2, 0.25) is 0 Å². The van der Waals surface area contributed by atoms with Crippen molar-refractivity contribution in [3.05, 3.63) is 44.5 Å². The Morgan fingerprint density at radius 1 is 1.18 bits per heavy atom. The van der Waals surface area contributed by atoms with E-state index in [9.17, 15) is 14.4 Å². The van der Waals surface area contributed by atoms with Gasteiger partial charge in [0.2, 0.25) is 0 Å². The molecule has 17 heavy (non-hydrogen) atoms. The lowest BCUT2D eigenvalue weighted by Crippen LogP contribution is -2.28. The van der Waals surface area contributed by atoms with Gasteiger partial charge in [-0.2, -0.15) is 0 Å². The summed E-state index contributed by atoms with van der Waals surface area (Å²) in [6, 6.07) is 4.53. The molecule has 0 amide bonds. The SMILES string of the molecule is CCOC(=O)c1ccc2[nH]c(=O)c(=O)[nH]c2c1. The fourth-order valence-corrected chi connectivity index (χ4v) is 1.46. The summed E-state index contributed by atoms with van der Waals surface area (Å²) >= 11 is 0. The molecule has 0 aliphatic rings. The molecule has 0 unspecified atom stereocenters. The van der Waals surface area contributed by atoms with Gasteiger partial charge in [-0.1, -0.05) is 0 Å². The van der Waals surface area contributed by atoms with Crippen molar-refractivity contribution in [2.24, 2.45) is 0 Å². The second-order valence-corrected chi connectivity index (χ2v) is 3.39. The highest BCUT2D eigenvalue weighted by atomic mass is 16.5. The molecule has 0 saturated carbocycles. The molecule has 0 bridgehead atoms. The number of hydrogen-bond donors (Lipinski definition) is 2. The zero-order valence-corrected chi connectivity index (χ0v) is 9.07. The number of ether oxygens (including phenoxy) is 1. The molecule has 0 aliphatic heterocycles. The third-order valence-corrected chi connectivity index (χ3v) is 2.23. The lowest BCUT2D eigenvalue weighted by molar-refractivity contribution is 0.0526. The molecule has 1 heterocycles. The summed E-state index contributed by atoms with van der Waals surface area (Å²) < 4.78 is 4.83. The Morgan fingerprint density at radius 2 is 1.82 bits per heavy atom. The minimum atomic E-state index is -0.751. The van der Waals surface area contributed by atoms with Crippen LogP contribution in [0.3, 0.4) is 0 Å². The van der Waals surface area contributed by atoms with Crippen LogP contribution < -0.4 is 11.1 Å². The molecular formula is C11H10N2O4. The highest BCUT2D eigenvalue weighted by Crippen LogP contribution is 2.10. The molecule has 0 spiro atoms. The standard InChI is InChI=1S/C11H10N2O4/c1-2-17-11(16)6-3-4-7-8(5-6)13-10(15)9(14)12-7/h3-5H,2H2,1H3,(H,12,14)(H,13,15). The van der Waals surface area contributed by atoms with Crippen LogP contribution >= 0.6 is 0 Å². The first-order chi connectivity index (χ1) is 8.11. The maximum absolute atomic E-state index is 11.5. The molecule has 1 aromatic carbocycles. The minimum absolute atomic E-state index is 0.277. The van der Waals surface area contributed by atoms with E-state index >= 15 is 0 Å². The molecule has 1 aromatic heterocycles. The molecule has 0 radical (unpaired) electrons. The van der Waals surface area contributed by atoms with Gasteiger partial charge in [-0.05, 0) is 25.1 Å². The monoisotopic (exact) mass is 234 g/mol. The van der Waals surface area contributed by atoms with Crippen molar-refractivity contribution >= 4 is 17.0 Å². The van der Waals surface area contributed by atoms with Gasteiger partial charge < -0.3 is 14.7 Å². The second kappa shape index (κ2) is 4.25. The smallest absolute Gasteiger partial charge is 0.338 e. The summed E-state index contributed by atoms with van der Waals surface area (Å²) in [5.41, 5.74) is -0.301. The Bertz CT molecular complexity index is 684. The van der Waals surface area contributed by atoms with Crippen LogP contribution in [0.25, 0.3) is 11.0 Å². The van der Waals surface area contributed by atoms with Crippen molar-refractivity contribution in [1.29, 1.82) is 0 Å². The van der Waals surface area contributed by atoms with E-state index < -0.39 is 17.1 Å². The van der Waals surface area contributed by atoms with Gasteiger partial charge in [-0.25, -0.2) is 4.79 Å². The summed E-state index contributed by atoms with van der Waals surface area (Å²) in [7, 11) is 0. The van der Waals surface area contributed by atoms with Gasteiger partial charge in [-0.3, -0.25) is 9.59 Å². The van der Waals surface area contributed by atoms with Crippen LogP contribution in [-0.4, -0.2) is 22.5 Å². The van der Waals surface area contributed by atoms with E-state index in [0.29, 0.717) is 16.6 Å². The number of hydrogen-bond acceptors (Lipinski definition) is 4. The molecule has 0 aliphatic carbocycles. The van der Waals surface area contributed by atoms with Gasteiger partial charge in [0.05, 0.1) is 23.2 Å². The fourth-order valence-electron chi connectivity index (χ4n) is 1.46. The second-order valence-electron chi connectivity index (χ2n) is 3.39. The number of carbonyl (C=O) groups is 1. The highest BCUT2D eigenvalue weighted by molar-refractivity contribution is 5.93. The first-order valence-corrected chi connectivity index (χ1v) is 5.05. The van der Waals surface area contributed by atoms with Crippen LogP contribution in [0.4, 0.5) is 0 Å². The van der Waals surface area contributed by atoms with Gasteiger partial charge in [0.25, 0.3) is 0 Å². The van der Waals surface area contributed by atoms with Crippen LogP contribution in [-0.2, 0) is 4.74 Å². The largest absolute Gasteiger partial charge is 0.462 e. The predicted octanol–water partition coefficient (Wildman–Crippen LogP) is 0.393. The predicted molar refractivity (Wildman–Crippen MR) is 61.1 cm³/mol. The van der Waals surface area contributed by atoms with Gasteiger partial charge >= 0.3 is 17.1 Å². The number of aromatic nitrogens is 2. The molecule has 2 N–H and O–H groups in total. The summed E-state index contributed by atoms with van der Waals surface area (Å²) in [6.07, 6.45) is 0. The third-order valence-electron chi connectivity index (χ3n) is 2.23. The lowest BCUT2D eigenvalue weighted by atomic mass is 10.2. The third kappa shape index (κ3) is 2.10. The van der Waals surface area contributed by atoms with E-state index in [4.69, 9.17) is 4.74 Å². The zero-order chi connectivity index (χ0) is 12.4. The van der Waals surface area contributed by atoms with Crippen molar-refractivity contribution in [2.75, 3.05) is 6.61 Å². The summed E-state index contributed by atoms with van der Waals surface area (Å²) in [4.78, 5) is 38.4. The van der Waals surface area contributed by atoms with E-state index in [1.165, 1.54) is 12.1 Å². The van der Waals surface area contributed by atoms with Gasteiger partial charge in [0.1, 0.15) is 0 Å². The highest BCUT2D eigenvalue weighted by Gasteiger charge is 2.08. The number of nitrogens with one attached hydrogen (secondary N) is 2. The average Bonchev–Trinajstić information content (AvgIpc) is 2.30. The van der Waals surface area contributed by atoms with Gasteiger partial charge in [0.15, 0.2) is 0 Å². The maximum atomic E-state index is 11.5. The van der Waals surface area contributed by atoms with Crippen molar-refractivity contribution < 1.29 is 9.53 Å². The van der Waals surface area contributed by atoms with Crippen molar-refractivity contribution in [3.63, 3.8) is 0 Å². The Balaban J connectivity index is 2.58. The minimum Gasteiger partial charge on any atom is -0.462 e. The van der Waals surface area contributed by atoms with Crippen molar-refractivity contribution in [2.45, 2.75) is 6.92 Å². The van der Waals surface area contributed by atoms with Crippen LogP contribution in [0.5, 0.6) is 0 Å². The summed E-state index contributed by atoms with van der Waals surface area (Å²) in [5, 5.41) is 0. The first-order valence-electron chi connectivity index (χ1n) is 5.05. The topological polar surface area (TPSA) is 92.0 Å². The number of fused-ring (bicyclic) bond motifs is 1. The average molecular weight is 234 g/mol. The first kappa shape index (κ1) is 11.1. The molecule has 2 rings (SSSR count). The van der Waals surface area contributed by atoms with E-state index in [-0.39, 0.29) is 6.61 Å². The quantitative estimate of drug-likeness (QED) is 0.581. The fraction of sp³-hybridized carbons (Fsp3) is 0.182. The number of aromatic amines is 2. The van der Waals surface area contributed by atoms with E-state index in [1.54, 1.807) is 13.0 Å². The molecular weight excluding hydrogens is 224 g/mol. The van der Waals surface area contributed by atoms with Gasteiger partial charge in [-0.15, -0.1) is 0 Å². The number of esters is 1. The van der Waals surface area contributed by atoms with Gasteiger partial charge in [0, 0.05) is 0 Å². The Hall–Kier alpha value is -2.37. The van der Waals surface area contributed by atoms with Crippen LogP contribution in [0, 0.1) is 0 Å². The van der Waals surface area contributed by atoms with Crippen molar-refractivity contribution in [3.8, 4) is 0 Å². The Kier molecular flexibility index (Phi) is 2.78. The molecule has 88 valence electrons. The molecule has 6 nitrogen and oxygen atoms in total. The molecule has 0 fully saturated rings. The molecule has 0 saturated heterocycles. The Labute approximate surface area is 95.2 Å². The zero-order valence-electron chi connectivity index (χ0n) is 9.07. The van der Waals surface area contributed by atoms with Crippen LogP contribution in [0.15, 0.2) is 27.8 Å². The lowest BCUT2D eigenvalue weighted by Gasteiger charge is -2.02. The molecule has 2 aromatic rings. The number of benzene rings is 1. The number of carbonyl (C=O) groups excluding carboxylic acids is 1. The van der Waals surface area contributed by atoms with Crippen LogP contribution in [0.1, 0.15) is 17.3 Å². The summed E-state index contributed by atoms with van der Waals surface area (Å²) in [6.45, 7) is 1.98. The normalized spacial score (nSPS) is 10.4. The maximum Gasteiger partial charge on any atom is 0.338 e. The van der Waals surface area contributed by atoms with Crippen molar-refractivity contribution in [1.82, 2.24) is 9.97 Å². The van der Waals surface area contributed by atoms with E-state index in [1.807, 2.05) is 0 Å². The molecule has 0 atom stereocenters. The van der Waals surface area contributed by atoms with E-state index in [0.717, 1.165) is 0 Å². The Morgan fingerprint density at radius 3 is 2.47 bits per heavy atom.